The van der Waals surface area contributed by atoms with E-state index in [4.69, 9.17) is 0 Å². The Morgan fingerprint density at radius 2 is 2.00 bits per heavy atom. The average molecular weight is 354 g/mol. The predicted octanol–water partition coefficient (Wildman–Crippen LogP) is 3.72. The van der Waals surface area contributed by atoms with Gasteiger partial charge in [-0.05, 0) is 55.8 Å². The van der Waals surface area contributed by atoms with Gasteiger partial charge in [0, 0.05) is 24.7 Å². The Balaban J connectivity index is 0.00000208. The van der Waals surface area contributed by atoms with Gasteiger partial charge in [-0.1, -0.05) is 26.0 Å². The zero-order valence-corrected chi connectivity index (χ0v) is 15.4. The number of nitro benzene ring substituents is 1. The third-order valence-electron chi connectivity index (χ3n) is 5.50. The van der Waals surface area contributed by atoms with E-state index in [9.17, 15) is 10.1 Å². The highest BCUT2D eigenvalue weighted by Crippen LogP contribution is 2.39. The molecule has 5 nitrogen and oxygen atoms in total. The smallest absolute Gasteiger partial charge is 0.273 e. The molecule has 2 saturated heterocycles. The Kier molecular flexibility index (Phi) is 6.23. The summed E-state index contributed by atoms with van der Waals surface area (Å²) in [6.45, 7) is 9.33. The molecule has 1 spiro atoms. The van der Waals surface area contributed by atoms with Crippen LogP contribution in [0.4, 0.5) is 5.69 Å². The third kappa shape index (κ3) is 4.08. The van der Waals surface area contributed by atoms with Crippen LogP contribution >= 0.6 is 12.4 Å². The quantitative estimate of drug-likeness (QED) is 0.662. The molecule has 0 aliphatic carbocycles. The molecule has 3 rings (SSSR count). The lowest BCUT2D eigenvalue weighted by Crippen LogP contribution is -2.38. The van der Waals surface area contributed by atoms with Gasteiger partial charge < -0.3 is 5.32 Å². The summed E-state index contributed by atoms with van der Waals surface area (Å²) in [6.07, 6.45) is 3.78. The lowest BCUT2D eigenvalue weighted by atomic mass is 9.78. The van der Waals surface area contributed by atoms with Crippen molar-refractivity contribution in [1.82, 2.24) is 10.2 Å². The maximum absolute atomic E-state index is 11.3. The van der Waals surface area contributed by atoms with Crippen molar-refractivity contribution in [2.75, 3.05) is 26.2 Å². The van der Waals surface area contributed by atoms with Crippen LogP contribution in [-0.4, -0.2) is 36.0 Å². The fourth-order valence-electron chi connectivity index (χ4n) is 4.12. The molecule has 0 saturated carbocycles. The molecule has 2 heterocycles. The molecule has 1 N–H and O–H groups in total. The van der Waals surface area contributed by atoms with E-state index in [1.165, 1.54) is 19.3 Å². The van der Waals surface area contributed by atoms with Gasteiger partial charge in [-0.3, -0.25) is 15.0 Å². The lowest BCUT2D eigenvalue weighted by molar-refractivity contribution is -0.385. The highest BCUT2D eigenvalue weighted by molar-refractivity contribution is 5.85. The van der Waals surface area contributed by atoms with E-state index in [0.29, 0.717) is 5.41 Å². The SMILES string of the molecule is CC(C)c1ccc(CN2CCC3(CCNCC3)C2)cc1[N+](=O)[O-].Cl. The maximum Gasteiger partial charge on any atom is 0.273 e. The van der Waals surface area contributed by atoms with Crippen LogP contribution in [0.15, 0.2) is 18.2 Å². The Morgan fingerprint density at radius 1 is 1.29 bits per heavy atom. The van der Waals surface area contributed by atoms with Crippen LogP contribution < -0.4 is 5.32 Å². The van der Waals surface area contributed by atoms with Crippen molar-refractivity contribution in [2.24, 2.45) is 5.41 Å². The molecule has 0 aromatic heterocycles. The number of hydrogen-bond donors (Lipinski definition) is 1. The van der Waals surface area contributed by atoms with Gasteiger partial charge in [0.25, 0.3) is 5.69 Å². The summed E-state index contributed by atoms with van der Waals surface area (Å²) in [6, 6.07) is 5.78. The van der Waals surface area contributed by atoms with Crippen LogP contribution in [0.25, 0.3) is 0 Å². The summed E-state index contributed by atoms with van der Waals surface area (Å²) in [7, 11) is 0. The standard InChI is InChI=1S/C18H27N3O2.ClH/c1-14(2)16-4-3-15(11-17(16)21(22)23)12-20-10-7-18(13-20)5-8-19-9-6-18;/h3-4,11,14,19H,5-10,12-13H2,1-2H3;1H. The van der Waals surface area contributed by atoms with Gasteiger partial charge in [0.15, 0.2) is 0 Å². The summed E-state index contributed by atoms with van der Waals surface area (Å²) in [4.78, 5) is 13.6. The topological polar surface area (TPSA) is 58.4 Å². The van der Waals surface area contributed by atoms with Crippen molar-refractivity contribution in [3.63, 3.8) is 0 Å². The third-order valence-corrected chi connectivity index (χ3v) is 5.50. The van der Waals surface area contributed by atoms with Gasteiger partial charge in [-0.15, -0.1) is 12.4 Å². The summed E-state index contributed by atoms with van der Waals surface area (Å²) in [5.74, 6) is 0.175. The van der Waals surface area contributed by atoms with Gasteiger partial charge in [-0.2, -0.15) is 0 Å². The molecule has 0 amide bonds. The Bertz CT molecular complexity index is 586. The molecule has 24 heavy (non-hydrogen) atoms. The monoisotopic (exact) mass is 353 g/mol. The van der Waals surface area contributed by atoms with Crippen LogP contribution in [0.5, 0.6) is 0 Å². The maximum atomic E-state index is 11.3. The zero-order chi connectivity index (χ0) is 16.4. The number of likely N-dealkylation sites (tertiary alicyclic amines) is 1. The zero-order valence-electron chi connectivity index (χ0n) is 14.6. The van der Waals surface area contributed by atoms with E-state index >= 15 is 0 Å². The summed E-state index contributed by atoms with van der Waals surface area (Å²) >= 11 is 0. The van der Waals surface area contributed by atoms with Crippen molar-refractivity contribution in [3.8, 4) is 0 Å². The van der Waals surface area contributed by atoms with Crippen LogP contribution in [0, 0.1) is 15.5 Å². The van der Waals surface area contributed by atoms with E-state index < -0.39 is 0 Å². The molecular formula is C18H28ClN3O2. The van der Waals surface area contributed by atoms with Gasteiger partial charge in [0.2, 0.25) is 0 Å². The highest BCUT2D eigenvalue weighted by Gasteiger charge is 2.38. The summed E-state index contributed by atoms with van der Waals surface area (Å²) < 4.78 is 0. The number of nitro groups is 1. The van der Waals surface area contributed by atoms with Crippen molar-refractivity contribution in [2.45, 2.75) is 45.6 Å². The van der Waals surface area contributed by atoms with Crippen LogP contribution in [0.1, 0.15) is 50.2 Å². The first-order chi connectivity index (χ1) is 11.0. The molecule has 0 bridgehead atoms. The van der Waals surface area contributed by atoms with Gasteiger partial charge in [0.1, 0.15) is 0 Å². The minimum absolute atomic E-state index is 0. The highest BCUT2D eigenvalue weighted by atomic mass is 35.5. The fraction of sp³-hybridized carbons (Fsp3) is 0.667. The number of benzene rings is 1. The molecule has 2 fully saturated rings. The molecular weight excluding hydrogens is 326 g/mol. The molecule has 0 radical (unpaired) electrons. The predicted molar refractivity (Wildman–Crippen MR) is 98.9 cm³/mol. The number of nitrogens with zero attached hydrogens (tertiary/aromatic N) is 2. The van der Waals surface area contributed by atoms with Gasteiger partial charge in [-0.25, -0.2) is 0 Å². The first-order valence-corrected chi connectivity index (χ1v) is 8.69. The number of nitrogens with one attached hydrogen (secondary N) is 1. The summed E-state index contributed by atoms with van der Waals surface area (Å²) in [5.41, 5.74) is 2.64. The Hall–Kier alpha value is -1.17. The Morgan fingerprint density at radius 3 is 2.62 bits per heavy atom. The minimum atomic E-state index is -0.239. The number of rotatable bonds is 4. The van der Waals surface area contributed by atoms with E-state index in [1.54, 1.807) is 6.07 Å². The first-order valence-electron chi connectivity index (χ1n) is 8.69. The molecule has 6 heteroatoms. The van der Waals surface area contributed by atoms with E-state index in [1.807, 2.05) is 19.9 Å². The van der Waals surface area contributed by atoms with Crippen LogP contribution in [0.3, 0.4) is 0 Å². The molecule has 0 unspecified atom stereocenters. The molecule has 2 aliphatic heterocycles. The van der Waals surface area contributed by atoms with Crippen molar-refractivity contribution >= 4 is 18.1 Å². The largest absolute Gasteiger partial charge is 0.317 e. The minimum Gasteiger partial charge on any atom is -0.317 e. The normalized spacial score (nSPS) is 20.3. The molecule has 0 atom stereocenters. The second-order valence-electron chi connectivity index (χ2n) is 7.52. The first kappa shape index (κ1) is 19.2. The Labute approximate surface area is 150 Å². The number of piperidine rings is 1. The van der Waals surface area contributed by atoms with E-state index in [2.05, 4.69) is 16.3 Å². The number of halogens is 1. The fourth-order valence-corrected chi connectivity index (χ4v) is 4.12. The van der Waals surface area contributed by atoms with Gasteiger partial charge >= 0.3 is 0 Å². The average Bonchev–Trinajstić information content (AvgIpc) is 2.89. The van der Waals surface area contributed by atoms with Crippen molar-refractivity contribution in [3.05, 3.63) is 39.4 Å². The molecule has 2 aliphatic rings. The van der Waals surface area contributed by atoms with Crippen molar-refractivity contribution in [1.29, 1.82) is 0 Å². The lowest BCUT2D eigenvalue weighted by Gasteiger charge is -2.33. The van der Waals surface area contributed by atoms with E-state index in [-0.39, 0.29) is 28.9 Å². The second-order valence-corrected chi connectivity index (χ2v) is 7.52. The van der Waals surface area contributed by atoms with Crippen LogP contribution in [0.2, 0.25) is 0 Å². The molecule has 1 aromatic rings. The van der Waals surface area contributed by atoms with Crippen LogP contribution in [-0.2, 0) is 6.54 Å². The van der Waals surface area contributed by atoms with Gasteiger partial charge in [0.05, 0.1) is 4.92 Å². The molecule has 1 aromatic carbocycles. The summed E-state index contributed by atoms with van der Waals surface area (Å²) in [5, 5.41) is 14.8. The second kappa shape index (κ2) is 7.81. The van der Waals surface area contributed by atoms with Crippen molar-refractivity contribution < 1.29 is 4.92 Å². The number of hydrogen-bond acceptors (Lipinski definition) is 4. The molecule has 134 valence electrons. The van der Waals surface area contributed by atoms with E-state index in [0.717, 1.165) is 43.9 Å².